The molecule has 2 N–H and O–H groups in total. The maximum Gasteiger partial charge on any atom is 0.339 e. The number of benzene rings is 1. The molecule has 0 bridgehead atoms. The number of carboxylic acid groups (broad SMARTS) is 2. The summed E-state index contributed by atoms with van der Waals surface area (Å²) >= 11 is 0. The van der Waals surface area contributed by atoms with Crippen LogP contribution in [0.1, 0.15) is 296 Å². The highest BCUT2D eigenvalue weighted by Gasteiger charge is 2.20. The second kappa shape index (κ2) is 45.1. The topological polar surface area (TPSA) is 127 Å². The normalized spacial score (nSPS) is 10.9. The van der Waals surface area contributed by atoms with E-state index >= 15 is 0 Å². The zero-order valence-electron chi connectivity index (χ0n) is 39.9. The van der Waals surface area contributed by atoms with E-state index in [1.165, 1.54) is 205 Å². The van der Waals surface area contributed by atoms with Crippen LogP contribution in [-0.4, -0.2) is 47.3 Å². The number of rotatable bonds is 43. The van der Waals surface area contributed by atoms with Crippen LogP contribution < -0.4 is 0 Å². The Kier molecular flexibility index (Phi) is 43.0. The molecule has 0 aliphatic carbocycles. The quantitative estimate of drug-likeness (QED) is 0.0491. The molecule has 0 amide bonds. The Bertz CT molecular complexity index is 1180. The van der Waals surface area contributed by atoms with Crippen LogP contribution in [0.2, 0.25) is 0 Å². The number of unbranched alkanes of at least 4 members (excludes halogenated alkanes) is 34. The fourth-order valence-corrected chi connectivity index (χ4v) is 7.71. The minimum Gasteiger partial charge on any atom is -0.478 e. The minimum atomic E-state index is -1.29. The maximum absolute atomic E-state index is 12.1. The Hall–Kier alpha value is -2.90. The van der Waals surface area contributed by atoms with Gasteiger partial charge in [0.05, 0.1) is 29.9 Å². The Balaban J connectivity index is 0.00000119. The van der Waals surface area contributed by atoms with Crippen molar-refractivity contribution in [1.82, 2.24) is 0 Å². The molecule has 0 fully saturated rings. The molecular formula is C53H94O8. The molecule has 0 saturated heterocycles. The summed E-state index contributed by atoms with van der Waals surface area (Å²) in [5, 5.41) is 18.2. The maximum atomic E-state index is 12.1. The third-order valence-corrected chi connectivity index (χ3v) is 11.7. The van der Waals surface area contributed by atoms with Crippen molar-refractivity contribution in [2.75, 3.05) is 13.2 Å². The van der Waals surface area contributed by atoms with Gasteiger partial charge in [-0.3, -0.25) is 4.79 Å². The van der Waals surface area contributed by atoms with Crippen molar-refractivity contribution in [3.63, 3.8) is 0 Å². The van der Waals surface area contributed by atoms with E-state index in [2.05, 4.69) is 20.8 Å². The Labute approximate surface area is 374 Å². The lowest BCUT2D eigenvalue weighted by Crippen LogP contribution is -2.14. The van der Waals surface area contributed by atoms with Gasteiger partial charge in [0.2, 0.25) is 0 Å². The molecule has 8 heteroatoms. The van der Waals surface area contributed by atoms with Crippen molar-refractivity contribution in [3.05, 3.63) is 34.9 Å². The Morgan fingerprint density at radius 2 is 0.689 bits per heavy atom. The summed E-state index contributed by atoms with van der Waals surface area (Å²) in [6.45, 7) is 7.61. The smallest absolute Gasteiger partial charge is 0.339 e. The first kappa shape index (κ1) is 58.1. The van der Waals surface area contributed by atoms with Crippen LogP contribution in [0, 0.1) is 0 Å². The molecule has 1 aromatic rings. The number of carbonyl (C=O) groups excluding carboxylic acids is 2. The van der Waals surface area contributed by atoms with Crippen molar-refractivity contribution in [1.29, 1.82) is 0 Å². The van der Waals surface area contributed by atoms with E-state index in [9.17, 15) is 19.2 Å². The first-order valence-corrected chi connectivity index (χ1v) is 25.7. The van der Waals surface area contributed by atoms with Crippen molar-refractivity contribution >= 4 is 23.9 Å². The Morgan fingerprint density at radius 3 is 1.02 bits per heavy atom. The van der Waals surface area contributed by atoms with E-state index < -0.39 is 17.9 Å². The van der Waals surface area contributed by atoms with E-state index in [1.807, 2.05) is 0 Å². The number of aromatic carboxylic acids is 2. The van der Waals surface area contributed by atoms with Crippen molar-refractivity contribution in [2.45, 2.75) is 265 Å². The highest BCUT2D eigenvalue weighted by molar-refractivity contribution is 6.04. The zero-order valence-corrected chi connectivity index (χ0v) is 39.9. The lowest BCUT2D eigenvalue weighted by atomic mass is 10.0. The van der Waals surface area contributed by atoms with Gasteiger partial charge in [-0.2, -0.15) is 0 Å². The number of carboxylic acids is 2. The summed E-state index contributed by atoms with van der Waals surface area (Å²) in [7, 11) is 0. The first-order valence-electron chi connectivity index (χ1n) is 25.7. The summed E-state index contributed by atoms with van der Waals surface area (Å²) < 4.78 is 10.5. The van der Waals surface area contributed by atoms with Crippen molar-refractivity contribution < 1.29 is 38.9 Å². The van der Waals surface area contributed by atoms with Crippen LogP contribution in [0.25, 0.3) is 0 Å². The minimum absolute atomic E-state index is 0.0248. The molecule has 61 heavy (non-hydrogen) atoms. The lowest BCUT2D eigenvalue weighted by molar-refractivity contribution is -0.143. The largest absolute Gasteiger partial charge is 0.478 e. The average Bonchev–Trinajstić information content (AvgIpc) is 3.25. The summed E-state index contributed by atoms with van der Waals surface area (Å²) in [6.07, 6.45) is 48.7. The van der Waals surface area contributed by atoms with Gasteiger partial charge in [0.25, 0.3) is 0 Å². The van der Waals surface area contributed by atoms with Crippen molar-refractivity contribution in [2.24, 2.45) is 0 Å². The number of carbonyl (C=O) groups is 4. The monoisotopic (exact) mass is 859 g/mol. The molecule has 1 rings (SSSR count). The van der Waals surface area contributed by atoms with Crippen LogP contribution in [-0.2, 0) is 14.3 Å². The summed E-state index contributed by atoms with van der Waals surface area (Å²) in [5.41, 5.74) is -0.629. The van der Waals surface area contributed by atoms with Crippen LogP contribution in [0.3, 0.4) is 0 Å². The number of hydrogen-bond acceptors (Lipinski definition) is 6. The molecule has 354 valence electrons. The van der Waals surface area contributed by atoms with Gasteiger partial charge in [-0.15, -0.1) is 0 Å². The van der Waals surface area contributed by atoms with Gasteiger partial charge in [0.1, 0.15) is 0 Å². The number of esters is 2. The standard InChI is InChI=1S/C31H62O2.C22H32O6/c1-3-5-7-9-11-13-15-16-17-18-19-21-23-25-27-29-31(32)33-30-28-26-24-22-20-14-12-10-8-6-4-2;1-2-3-4-5-6-7-8-9-10-11-12-15-28-22(27)19-16-17(20(23)24)13-14-18(19)21(25)26/h3-30H2,1-2H3;13-14,16H,2-12,15H2,1H3,(H,23,24)(H,25,26). The molecule has 0 aliphatic rings. The van der Waals surface area contributed by atoms with Crippen LogP contribution >= 0.6 is 0 Å². The molecule has 0 unspecified atom stereocenters. The third kappa shape index (κ3) is 38.5. The second-order valence-electron chi connectivity index (χ2n) is 17.5. The van der Waals surface area contributed by atoms with Crippen LogP contribution in [0.5, 0.6) is 0 Å². The predicted molar refractivity (Wildman–Crippen MR) is 254 cm³/mol. The van der Waals surface area contributed by atoms with E-state index in [1.54, 1.807) is 0 Å². The molecule has 0 saturated carbocycles. The fourth-order valence-electron chi connectivity index (χ4n) is 7.71. The van der Waals surface area contributed by atoms with Gasteiger partial charge >= 0.3 is 23.9 Å². The van der Waals surface area contributed by atoms with E-state index in [4.69, 9.17) is 19.7 Å². The van der Waals surface area contributed by atoms with Gasteiger partial charge < -0.3 is 19.7 Å². The van der Waals surface area contributed by atoms with Gasteiger partial charge in [0.15, 0.2) is 0 Å². The number of hydrogen-bond donors (Lipinski definition) is 2. The molecule has 0 heterocycles. The molecule has 0 spiro atoms. The van der Waals surface area contributed by atoms with E-state index in [0.29, 0.717) is 19.4 Å². The zero-order chi connectivity index (χ0) is 44.9. The summed E-state index contributed by atoms with van der Waals surface area (Å²) in [5.74, 6) is -3.29. The predicted octanol–water partition coefficient (Wildman–Crippen LogP) is 16.7. The first-order chi connectivity index (χ1) is 29.8. The van der Waals surface area contributed by atoms with Gasteiger partial charge in [-0.25, -0.2) is 14.4 Å². The highest BCUT2D eigenvalue weighted by atomic mass is 16.5. The number of ether oxygens (including phenoxy) is 2. The average molecular weight is 859 g/mol. The Morgan fingerprint density at radius 1 is 0.377 bits per heavy atom. The fraction of sp³-hybridized carbons (Fsp3) is 0.811. The SMILES string of the molecule is CCCCCCCCCCCCCCCCCC(=O)OCCCCCCCCCCCCC.CCCCCCCCCCCCCOC(=O)c1cc(C(=O)O)ccc1C(=O)O. The van der Waals surface area contributed by atoms with E-state index in [-0.39, 0.29) is 29.3 Å². The molecule has 0 aromatic heterocycles. The molecule has 0 aliphatic heterocycles. The summed E-state index contributed by atoms with van der Waals surface area (Å²) in [6, 6.07) is 3.33. The summed E-state index contributed by atoms with van der Waals surface area (Å²) in [4.78, 5) is 46.2. The molecular weight excluding hydrogens is 765 g/mol. The van der Waals surface area contributed by atoms with Gasteiger partial charge in [-0.1, -0.05) is 239 Å². The highest BCUT2D eigenvalue weighted by Crippen LogP contribution is 2.17. The molecule has 1 aromatic carbocycles. The van der Waals surface area contributed by atoms with Crippen LogP contribution in [0.4, 0.5) is 0 Å². The molecule has 0 atom stereocenters. The van der Waals surface area contributed by atoms with E-state index in [0.717, 1.165) is 43.9 Å². The van der Waals surface area contributed by atoms with Gasteiger partial charge in [-0.05, 0) is 37.5 Å². The lowest BCUT2D eigenvalue weighted by Gasteiger charge is -2.08. The second-order valence-corrected chi connectivity index (χ2v) is 17.5. The third-order valence-electron chi connectivity index (χ3n) is 11.7. The van der Waals surface area contributed by atoms with Crippen LogP contribution in [0.15, 0.2) is 18.2 Å². The molecule has 8 nitrogen and oxygen atoms in total. The van der Waals surface area contributed by atoms with Crippen molar-refractivity contribution in [3.8, 4) is 0 Å². The molecule has 0 radical (unpaired) electrons. The van der Waals surface area contributed by atoms with Gasteiger partial charge in [0, 0.05) is 6.42 Å².